The lowest BCUT2D eigenvalue weighted by atomic mass is 10.4. The summed E-state index contributed by atoms with van der Waals surface area (Å²) in [6.07, 6.45) is 2.50. The fraction of sp³-hybridized carbons (Fsp3) is 0.545. The third kappa shape index (κ3) is 4.27. The van der Waals surface area contributed by atoms with E-state index in [0.29, 0.717) is 6.54 Å². The molecule has 7 heteroatoms. The fourth-order valence-corrected chi connectivity index (χ4v) is 1.60. The van der Waals surface area contributed by atoms with Crippen molar-refractivity contribution in [2.45, 2.75) is 0 Å². The first-order valence-electron chi connectivity index (χ1n) is 5.87. The van der Waals surface area contributed by atoms with Gasteiger partial charge in [0.05, 0.1) is 13.2 Å². The lowest BCUT2D eigenvalue weighted by Crippen LogP contribution is -2.41. The van der Waals surface area contributed by atoms with E-state index in [2.05, 4.69) is 20.2 Å². The van der Waals surface area contributed by atoms with Gasteiger partial charge >= 0.3 is 12.1 Å². The van der Waals surface area contributed by atoms with Gasteiger partial charge in [0.1, 0.15) is 0 Å². The Hall–Kier alpha value is -1.73. The number of rotatable bonds is 4. The minimum Gasteiger partial charge on any atom is -0.379 e. The second-order valence-corrected chi connectivity index (χ2v) is 3.80. The second kappa shape index (κ2) is 6.87. The van der Waals surface area contributed by atoms with Gasteiger partial charge in [0.15, 0.2) is 0 Å². The van der Waals surface area contributed by atoms with Gasteiger partial charge in [0.2, 0.25) is 0 Å². The summed E-state index contributed by atoms with van der Waals surface area (Å²) in [6, 6.07) is 1.71. The van der Waals surface area contributed by atoms with Gasteiger partial charge < -0.3 is 14.8 Å². The Labute approximate surface area is 105 Å². The van der Waals surface area contributed by atoms with Crippen molar-refractivity contribution in [3.05, 3.63) is 18.5 Å². The lowest BCUT2D eigenvalue weighted by Gasteiger charge is -2.26. The summed E-state index contributed by atoms with van der Waals surface area (Å²) in [6.45, 7) is 4.63. The van der Waals surface area contributed by atoms with Crippen molar-refractivity contribution < 1.29 is 14.3 Å². The molecule has 7 nitrogen and oxygen atoms in total. The normalized spacial score (nSPS) is 16.2. The first-order valence-corrected chi connectivity index (χ1v) is 5.87. The predicted octanol–water partition coefficient (Wildman–Crippen LogP) is -0.103. The van der Waals surface area contributed by atoms with E-state index < -0.39 is 6.09 Å². The molecule has 1 amide bonds. The lowest BCUT2D eigenvalue weighted by molar-refractivity contribution is 0.0385. The first-order chi connectivity index (χ1) is 8.84. The van der Waals surface area contributed by atoms with Crippen molar-refractivity contribution in [3.8, 4) is 6.01 Å². The van der Waals surface area contributed by atoms with Crippen molar-refractivity contribution in [3.63, 3.8) is 0 Å². The summed E-state index contributed by atoms with van der Waals surface area (Å²) in [4.78, 5) is 21.2. The Kier molecular flexibility index (Phi) is 4.86. The molecule has 1 fully saturated rings. The number of amides is 1. The van der Waals surface area contributed by atoms with Crippen LogP contribution in [0.15, 0.2) is 18.5 Å². The Morgan fingerprint density at radius 1 is 1.39 bits per heavy atom. The zero-order valence-corrected chi connectivity index (χ0v) is 10.0. The number of ether oxygens (including phenoxy) is 2. The van der Waals surface area contributed by atoms with Crippen LogP contribution in [-0.2, 0) is 4.74 Å². The molecule has 1 N–H and O–H groups in total. The van der Waals surface area contributed by atoms with E-state index in [4.69, 9.17) is 9.47 Å². The Balaban J connectivity index is 1.62. The van der Waals surface area contributed by atoms with Crippen LogP contribution in [0, 0.1) is 0 Å². The summed E-state index contributed by atoms with van der Waals surface area (Å²) in [5, 5.41) is 2.65. The van der Waals surface area contributed by atoms with Crippen LogP contribution in [0.4, 0.5) is 4.79 Å². The molecular formula is C11H16N4O3. The van der Waals surface area contributed by atoms with Gasteiger partial charge in [-0.15, -0.1) is 0 Å². The minimum absolute atomic E-state index is 0.0568. The van der Waals surface area contributed by atoms with Gasteiger partial charge in [0.25, 0.3) is 0 Å². The highest BCUT2D eigenvalue weighted by Crippen LogP contribution is 1.98. The molecule has 0 bridgehead atoms. The van der Waals surface area contributed by atoms with Gasteiger partial charge in [-0.25, -0.2) is 14.8 Å². The molecule has 0 radical (unpaired) electrons. The SMILES string of the molecule is O=C(NCCN1CCOCC1)Oc1ncccn1. The molecule has 0 spiro atoms. The van der Waals surface area contributed by atoms with Crippen molar-refractivity contribution >= 4 is 6.09 Å². The van der Waals surface area contributed by atoms with Crippen molar-refractivity contribution in [2.24, 2.45) is 0 Å². The summed E-state index contributed by atoms with van der Waals surface area (Å²) < 4.78 is 10.1. The van der Waals surface area contributed by atoms with E-state index in [1.807, 2.05) is 0 Å². The molecule has 1 aromatic rings. The monoisotopic (exact) mass is 252 g/mol. The number of hydrogen-bond acceptors (Lipinski definition) is 6. The molecule has 1 aromatic heterocycles. The zero-order chi connectivity index (χ0) is 12.6. The third-order valence-corrected chi connectivity index (χ3v) is 2.53. The van der Waals surface area contributed by atoms with Crippen LogP contribution in [-0.4, -0.2) is 60.4 Å². The van der Waals surface area contributed by atoms with E-state index in [-0.39, 0.29) is 6.01 Å². The maximum absolute atomic E-state index is 11.4. The van der Waals surface area contributed by atoms with Crippen molar-refractivity contribution in [1.82, 2.24) is 20.2 Å². The number of nitrogens with zero attached hydrogens (tertiary/aromatic N) is 3. The molecular weight excluding hydrogens is 236 g/mol. The highest BCUT2D eigenvalue weighted by Gasteiger charge is 2.11. The summed E-state index contributed by atoms with van der Waals surface area (Å²) in [7, 11) is 0. The third-order valence-electron chi connectivity index (χ3n) is 2.53. The largest absolute Gasteiger partial charge is 0.415 e. The highest BCUT2D eigenvalue weighted by molar-refractivity contribution is 5.69. The molecule has 1 aliphatic heterocycles. The molecule has 0 aliphatic carbocycles. The standard InChI is InChI=1S/C11H16N4O3/c16-11(18-10-12-2-1-3-13-10)14-4-5-15-6-8-17-9-7-15/h1-3H,4-9H2,(H,14,16). The van der Waals surface area contributed by atoms with E-state index in [0.717, 1.165) is 32.8 Å². The molecule has 2 rings (SSSR count). The number of carbonyl (C=O) groups excluding carboxylic acids is 1. The zero-order valence-electron chi connectivity index (χ0n) is 10.0. The van der Waals surface area contributed by atoms with Crippen LogP contribution in [0.2, 0.25) is 0 Å². The van der Waals surface area contributed by atoms with Crippen LogP contribution < -0.4 is 10.1 Å². The average molecular weight is 252 g/mol. The maximum Gasteiger partial charge on any atom is 0.415 e. The summed E-state index contributed by atoms with van der Waals surface area (Å²) in [5.74, 6) is 0. The Morgan fingerprint density at radius 2 is 2.11 bits per heavy atom. The number of hydrogen-bond donors (Lipinski definition) is 1. The fourth-order valence-electron chi connectivity index (χ4n) is 1.60. The molecule has 0 saturated carbocycles. The van der Waals surface area contributed by atoms with Gasteiger partial charge in [-0.05, 0) is 6.07 Å². The Bertz CT molecular complexity index is 368. The van der Waals surface area contributed by atoms with E-state index in [1.165, 1.54) is 12.4 Å². The molecule has 98 valence electrons. The number of aromatic nitrogens is 2. The van der Waals surface area contributed by atoms with Crippen LogP contribution in [0.3, 0.4) is 0 Å². The van der Waals surface area contributed by atoms with Crippen LogP contribution in [0.25, 0.3) is 0 Å². The Morgan fingerprint density at radius 3 is 2.83 bits per heavy atom. The molecule has 0 unspecified atom stereocenters. The summed E-state index contributed by atoms with van der Waals surface area (Å²) >= 11 is 0. The molecule has 0 atom stereocenters. The van der Waals surface area contributed by atoms with Crippen LogP contribution >= 0.6 is 0 Å². The van der Waals surface area contributed by atoms with E-state index in [9.17, 15) is 4.79 Å². The first kappa shape index (κ1) is 12.7. The molecule has 1 aliphatic rings. The molecule has 18 heavy (non-hydrogen) atoms. The topological polar surface area (TPSA) is 76.6 Å². The number of nitrogens with one attached hydrogen (secondary N) is 1. The molecule has 1 saturated heterocycles. The van der Waals surface area contributed by atoms with Gasteiger partial charge in [-0.3, -0.25) is 4.90 Å². The number of morpholine rings is 1. The van der Waals surface area contributed by atoms with Gasteiger partial charge in [-0.2, -0.15) is 0 Å². The molecule has 2 heterocycles. The average Bonchev–Trinajstić information content (AvgIpc) is 2.41. The highest BCUT2D eigenvalue weighted by atomic mass is 16.6. The predicted molar refractivity (Wildman–Crippen MR) is 63.3 cm³/mol. The second-order valence-electron chi connectivity index (χ2n) is 3.80. The maximum atomic E-state index is 11.4. The van der Waals surface area contributed by atoms with Crippen LogP contribution in [0.1, 0.15) is 0 Å². The van der Waals surface area contributed by atoms with Crippen LogP contribution in [0.5, 0.6) is 6.01 Å². The number of carbonyl (C=O) groups is 1. The van der Waals surface area contributed by atoms with E-state index in [1.54, 1.807) is 6.07 Å². The van der Waals surface area contributed by atoms with Crippen molar-refractivity contribution in [2.75, 3.05) is 39.4 Å². The van der Waals surface area contributed by atoms with Gasteiger partial charge in [-0.1, -0.05) is 0 Å². The minimum atomic E-state index is -0.533. The smallest absolute Gasteiger partial charge is 0.379 e. The quantitative estimate of drug-likeness (QED) is 0.806. The van der Waals surface area contributed by atoms with E-state index >= 15 is 0 Å². The molecule has 0 aromatic carbocycles. The van der Waals surface area contributed by atoms with Gasteiger partial charge in [0, 0.05) is 38.6 Å². The summed E-state index contributed by atoms with van der Waals surface area (Å²) in [5.41, 5.74) is 0. The van der Waals surface area contributed by atoms with Crippen molar-refractivity contribution in [1.29, 1.82) is 0 Å².